The summed E-state index contributed by atoms with van der Waals surface area (Å²) in [5.41, 5.74) is 0.897. The maximum absolute atomic E-state index is 9.62. The molecule has 1 aromatic rings. The molecule has 0 fully saturated rings. The molecule has 1 atom stereocenters. The van der Waals surface area contributed by atoms with E-state index in [1.807, 2.05) is 19.1 Å². The molecule has 0 spiro atoms. The van der Waals surface area contributed by atoms with Gasteiger partial charge >= 0.3 is 0 Å². The summed E-state index contributed by atoms with van der Waals surface area (Å²) < 4.78 is 0. The largest absolute Gasteiger partial charge is 0.388 e. The van der Waals surface area contributed by atoms with Crippen molar-refractivity contribution in [3.63, 3.8) is 0 Å². The van der Waals surface area contributed by atoms with Crippen molar-refractivity contribution in [1.82, 2.24) is 4.98 Å². The fourth-order valence-electron chi connectivity index (χ4n) is 1.56. The van der Waals surface area contributed by atoms with Gasteiger partial charge in [0, 0.05) is 19.3 Å². The number of nitrogens with zero attached hydrogens (tertiary/aromatic N) is 2. The predicted octanol–water partition coefficient (Wildman–Crippen LogP) is 2.37. The van der Waals surface area contributed by atoms with Crippen LogP contribution in [-0.2, 0) is 0 Å². The molecular formula is C12H20N2O. The van der Waals surface area contributed by atoms with Crippen LogP contribution in [0, 0.1) is 0 Å². The zero-order chi connectivity index (χ0) is 11.3. The SMILES string of the molecule is CC[C@H](O)c1ccc(N(CC)CC)nc1. The quantitative estimate of drug-likeness (QED) is 0.807. The van der Waals surface area contributed by atoms with Crippen LogP contribution < -0.4 is 4.90 Å². The minimum absolute atomic E-state index is 0.386. The molecule has 1 N–H and O–H groups in total. The van der Waals surface area contributed by atoms with Gasteiger partial charge < -0.3 is 10.0 Å². The van der Waals surface area contributed by atoms with E-state index in [1.54, 1.807) is 6.20 Å². The second-order valence-electron chi connectivity index (χ2n) is 3.55. The van der Waals surface area contributed by atoms with E-state index < -0.39 is 0 Å². The molecule has 0 saturated carbocycles. The maximum Gasteiger partial charge on any atom is 0.128 e. The molecule has 0 unspecified atom stereocenters. The van der Waals surface area contributed by atoms with Crippen LogP contribution in [0.1, 0.15) is 38.9 Å². The van der Waals surface area contributed by atoms with Crippen molar-refractivity contribution in [3.8, 4) is 0 Å². The van der Waals surface area contributed by atoms with Crippen LogP contribution in [-0.4, -0.2) is 23.2 Å². The molecule has 0 aliphatic rings. The third kappa shape index (κ3) is 2.93. The summed E-state index contributed by atoms with van der Waals surface area (Å²) >= 11 is 0. The lowest BCUT2D eigenvalue weighted by Crippen LogP contribution is -2.22. The molecule has 0 bridgehead atoms. The van der Waals surface area contributed by atoms with Crippen molar-refractivity contribution in [1.29, 1.82) is 0 Å². The van der Waals surface area contributed by atoms with Crippen LogP contribution in [0.25, 0.3) is 0 Å². The van der Waals surface area contributed by atoms with Crippen molar-refractivity contribution in [2.45, 2.75) is 33.3 Å². The second-order valence-corrected chi connectivity index (χ2v) is 3.55. The average Bonchev–Trinajstić information content (AvgIpc) is 2.30. The normalized spacial score (nSPS) is 12.5. The van der Waals surface area contributed by atoms with Crippen molar-refractivity contribution < 1.29 is 5.11 Å². The molecule has 0 aromatic carbocycles. The van der Waals surface area contributed by atoms with Crippen molar-refractivity contribution in [3.05, 3.63) is 23.9 Å². The summed E-state index contributed by atoms with van der Waals surface area (Å²) in [6.45, 7) is 8.10. The van der Waals surface area contributed by atoms with Crippen molar-refractivity contribution in [2.24, 2.45) is 0 Å². The maximum atomic E-state index is 9.62. The molecule has 0 aliphatic heterocycles. The zero-order valence-electron chi connectivity index (χ0n) is 9.77. The van der Waals surface area contributed by atoms with Crippen LogP contribution in [0.2, 0.25) is 0 Å². The minimum atomic E-state index is -0.386. The Labute approximate surface area is 91.8 Å². The fourth-order valence-corrected chi connectivity index (χ4v) is 1.56. The Balaban J connectivity index is 2.79. The Morgan fingerprint density at radius 1 is 1.27 bits per heavy atom. The van der Waals surface area contributed by atoms with Gasteiger partial charge in [0.15, 0.2) is 0 Å². The van der Waals surface area contributed by atoms with Gasteiger partial charge in [-0.25, -0.2) is 4.98 Å². The highest BCUT2D eigenvalue weighted by molar-refractivity contribution is 5.39. The van der Waals surface area contributed by atoms with Crippen LogP contribution in [0.15, 0.2) is 18.3 Å². The molecule has 0 radical (unpaired) electrons. The summed E-state index contributed by atoms with van der Waals surface area (Å²) in [7, 11) is 0. The van der Waals surface area contributed by atoms with E-state index >= 15 is 0 Å². The lowest BCUT2D eigenvalue weighted by Gasteiger charge is -2.20. The molecule has 84 valence electrons. The van der Waals surface area contributed by atoms with E-state index in [2.05, 4.69) is 23.7 Å². The van der Waals surface area contributed by atoms with Gasteiger partial charge in [0.1, 0.15) is 5.82 Å². The zero-order valence-corrected chi connectivity index (χ0v) is 9.77. The van der Waals surface area contributed by atoms with Gasteiger partial charge in [0.05, 0.1) is 6.10 Å². The topological polar surface area (TPSA) is 36.4 Å². The number of rotatable bonds is 5. The lowest BCUT2D eigenvalue weighted by molar-refractivity contribution is 0.173. The van der Waals surface area contributed by atoms with Gasteiger partial charge in [-0.05, 0) is 31.9 Å². The Kier molecular flexibility index (Phi) is 4.56. The molecule has 3 heteroatoms. The molecule has 3 nitrogen and oxygen atoms in total. The summed E-state index contributed by atoms with van der Waals surface area (Å²) in [6.07, 6.45) is 2.11. The molecular weight excluding hydrogens is 188 g/mol. The highest BCUT2D eigenvalue weighted by atomic mass is 16.3. The summed E-state index contributed by atoms with van der Waals surface area (Å²) in [4.78, 5) is 6.54. The number of pyridine rings is 1. The van der Waals surface area contributed by atoms with E-state index in [0.717, 1.165) is 30.9 Å². The molecule has 1 rings (SSSR count). The first-order valence-corrected chi connectivity index (χ1v) is 5.61. The Hall–Kier alpha value is -1.09. The molecule has 0 saturated heterocycles. The first-order chi connectivity index (χ1) is 7.22. The van der Waals surface area contributed by atoms with E-state index in [1.165, 1.54) is 0 Å². The Morgan fingerprint density at radius 3 is 2.33 bits per heavy atom. The van der Waals surface area contributed by atoms with E-state index in [9.17, 15) is 5.11 Å². The Bertz CT molecular complexity index is 280. The van der Waals surface area contributed by atoms with Crippen LogP contribution in [0.4, 0.5) is 5.82 Å². The summed E-state index contributed by atoms with van der Waals surface area (Å²) in [5.74, 6) is 0.979. The van der Waals surface area contributed by atoms with Gasteiger partial charge in [0.25, 0.3) is 0 Å². The van der Waals surface area contributed by atoms with E-state index in [0.29, 0.717) is 0 Å². The van der Waals surface area contributed by atoms with Crippen LogP contribution in [0.3, 0.4) is 0 Å². The van der Waals surface area contributed by atoms with Gasteiger partial charge in [-0.2, -0.15) is 0 Å². The lowest BCUT2D eigenvalue weighted by atomic mass is 10.1. The number of anilines is 1. The van der Waals surface area contributed by atoms with Gasteiger partial charge in [-0.15, -0.1) is 0 Å². The summed E-state index contributed by atoms with van der Waals surface area (Å²) in [6, 6.07) is 3.93. The van der Waals surface area contributed by atoms with Crippen LogP contribution in [0.5, 0.6) is 0 Å². The number of hydrogen-bond donors (Lipinski definition) is 1. The number of aliphatic hydroxyl groups excluding tert-OH is 1. The third-order valence-electron chi connectivity index (χ3n) is 2.63. The van der Waals surface area contributed by atoms with Gasteiger partial charge in [-0.1, -0.05) is 13.0 Å². The first-order valence-electron chi connectivity index (χ1n) is 5.61. The molecule has 0 amide bonds. The average molecular weight is 208 g/mol. The standard InChI is InChI=1S/C12H20N2O/c1-4-11(15)10-7-8-12(13-9-10)14(5-2)6-3/h7-9,11,15H,4-6H2,1-3H3/t11-/m0/s1. The van der Waals surface area contributed by atoms with Gasteiger partial charge in [0.2, 0.25) is 0 Å². The highest BCUT2D eigenvalue weighted by Crippen LogP contribution is 2.18. The molecule has 1 heterocycles. The predicted molar refractivity (Wildman–Crippen MR) is 63.0 cm³/mol. The van der Waals surface area contributed by atoms with Gasteiger partial charge in [-0.3, -0.25) is 0 Å². The summed E-state index contributed by atoms with van der Waals surface area (Å²) in [5, 5.41) is 9.62. The second kappa shape index (κ2) is 5.71. The van der Waals surface area contributed by atoms with Crippen molar-refractivity contribution in [2.75, 3.05) is 18.0 Å². The minimum Gasteiger partial charge on any atom is -0.388 e. The number of hydrogen-bond acceptors (Lipinski definition) is 3. The highest BCUT2D eigenvalue weighted by Gasteiger charge is 2.07. The molecule has 0 aliphatic carbocycles. The fraction of sp³-hybridized carbons (Fsp3) is 0.583. The van der Waals surface area contributed by atoms with Crippen LogP contribution >= 0.6 is 0 Å². The monoisotopic (exact) mass is 208 g/mol. The molecule has 1 aromatic heterocycles. The van der Waals surface area contributed by atoms with E-state index in [-0.39, 0.29) is 6.10 Å². The smallest absolute Gasteiger partial charge is 0.128 e. The number of aromatic nitrogens is 1. The van der Waals surface area contributed by atoms with E-state index in [4.69, 9.17) is 0 Å². The number of aliphatic hydroxyl groups is 1. The van der Waals surface area contributed by atoms with Crippen molar-refractivity contribution >= 4 is 5.82 Å². The third-order valence-corrected chi connectivity index (χ3v) is 2.63. The first kappa shape index (κ1) is 12.0. The molecule has 15 heavy (non-hydrogen) atoms. The Morgan fingerprint density at radius 2 is 1.93 bits per heavy atom.